The van der Waals surface area contributed by atoms with Crippen LogP contribution in [0.3, 0.4) is 0 Å². The van der Waals surface area contributed by atoms with Crippen LogP contribution >= 0.6 is 0 Å². The van der Waals surface area contributed by atoms with Crippen molar-refractivity contribution in [1.29, 1.82) is 0 Å². The standard InChI is InChI=1S/C11H25N3O/c1-14(2)6-8-15-7-5-13-11-4-3-10(12)9-11/h10-11,13H,3-9,12H2,1-2H3. The van der Waals surface area contributed by atoms with E-state index < -0.39 is 0 Å². The van der Waals surface area contributed by atoms with Crippen molar-refractivity contribution in [2.75, 3.05) is 40.4 Å². The molecule has 0 aromatic carbocycles. The van der Waals surface area contributed by atoms with Crippen molar-refractivity contribution < 1.29 is 4.74 Å². The Morgan fingerprint density at radius 2 is 2.13 bits per heavy atom. The molecule has 4 heteroatoms. The van der Waals surface area contributed by atoms with Gasteiger partial charge < -0.3 is 20.7 Å². The van der Waals surface area contributed by atoms with Crippen molar-refractivity contribution in [2.45, 2.75) is 31.3 Å². The molecule has 2 unspecified atom stereocenters. The van der Waals surface area contributed by atoms with Crippen LogP contribution in [0.2, 0.25) is 0 Å². The Morgan fingerprint density at radius 3 is 2.73 bits per heavy atom. The van der Waals surface area contributed by atoms with Crippen LogP contribution in [0.15, 0.2) is 0 Å². The summed E-state index contributed by atoms with van der Waals surface area (Å²) in [6, 6.07) is 1.04. The van der Waals surface area contributed by atoms with E-state index in [1.165, 1.54) is 12.8 Å². The van der Waals surface area contributed by atoms with Gasteiger partial charge in [-0.25, -0.2) is 0 Å². The molecule has 0 bridgehead atoms. The summed E-state index contributed by atoms with van der Waals surface area (Å²) in [5.74, 6) is 0. The zero-order chi connectivity index (χ0) is 11.1. The van der Waals surface area contributed by atoms with Crippen LogP contribution in [-0.4, -0.2) is 57.4 Å². The Balaban J connectivity index is 1.85. The maximum absolute atomic E-state index is 5.83. The summed E-state index contributed by atoms with van der Waals surface area (Å²) in [7, 11) is 4.11. The minimum absolute atomic E-state index is 0.414. The maximum atomic E-state index is 5.83. The van der Waals surface area contributed by atoms with E-state index in [0.29, 0.717) is 12.1 Å². The summed E-state index contributed by atoms with van der Waals surface area (Å²) < 4.78 is 5.50. The van der Waals surface area contributed by atoms with Gasteiger partial charge in [0.1, 0.15) is 0 Å². The average Bonchev–Trinajstić information content (AvgIpc) is 2.57. The van der Waals surface area contributed by atoms with Crippen molar-refractivity contribution >= 4 is 0 Å². The fourth-order valence-electron chi connectivity index (χ4n) is 1.89. The van der Waals surface area contributed by atoms with Crippen LogP contribution < -0.4 is 11.1 Å². The Morgan fingerprint density at radius 1 is 1.33 bits per heavy atom. The number of hydrogen-bond acceptors (Lipinski definition) is 4. The highest BCUT2D eigenvalue weighted by Crippen LogP contribution is 2.16. The van der Waals surface area contributed by atoms with E-state index >= 15 is 0 Å². The monoisotopic (exact) mass is 215 g/mol. The van der Waals surface area contributed by atoms with Crippen molar-refractivity contribution in [3.05, 3.63) is 0 Å². The highest BCUT2D eigenvalue weighted by Gasteiger charge is 2.20. The highest BCUT2D eigenvalue weighted by molar-refractivity contribution is 4.82. The molecule has 0 radical (unpaired) electrons. The number of ether oxygens (including phenoxy) is 1. The number of hydrogen-bond donors (Lipinski definition) is 2. The fraction of sp³-hybridized carbons (Fsp3) is 1.00. The van der Waals surface area contributed by atoms with E-state index in [0.717, 1.165) is 32.7 Å². The van der Waals surface area contributed by atoms with Crippen molar-refractivity contribution in [3.8, 4) is 0 Å². The Bertz CT molecular complexity index is 164. The van der Waals surface area contributed by atoms with Gasteiger partial charge in [0.15, 0.2) is 0 Å². The molecule has 1 fully saturated rings. The largest absolute Gasteiger partial charge is 0.379 e. The molecule has 1 aliphatic rings. The molecule has 0 aromatic heterocycles. The molecule has 1 rings (SSSR count). The van der Waals surface area contributed by atoms with Crippen LogP contribution in [0.1, 0.15) is 19.3 Å². The van der Waals surface area contributed by atoms with Crippen LogP contribution in [-0.2, 0) is 4.74 Å². The molecule has 0 saturated heterocycles. The third kappa shape index (κ3) is 6.10. The zero-order valence-electron chi connectivity index (χ0n) is 10.0. The second kappa shape index (κ2) is 7.17. The van der Waals surface area contributed by atoms with Gasteiger partial charge in [-0.1, -0.05) is 0 Å². The first kappa shape index (κ1) is 12.9. The minimum Gasteiger partial charge on any atom is -0.379 e. The van der Waals surface area contributed by atoms with Crippen LogP contribution in [0.4, 0.5) is 0 Å². The van der Waals surface area contributed by atoms with E-state index in [2.05, 4.69) is 24.3 Å². The predicted octanol–water partition coefficient (Wildman–Crippen LogP) is 0.0340. The molecule has 2 atom stereocenters. The quantitative estimate of drug-likeness (QED) is 0.589. The van der Waals surface area contributed by atoms with Gasteiger partial charge >= 0.3 is 0 Å². The molecule has 0 heterocycles. The van der Waals surface area contributed by atoms with Gasteiger partial charge in [0.25, 0.3) is 0 Å². The molecular formula is C11H25N3O. The molecule has 0 spiro atoms. The first-order valence-corrected chi connectivity index (χ1v) is 5.90. The fourth-order valence-corrected chi connectivity index (χ4v) is 1.89. The van der Waals surface area contributed by atoms with Gasteiger partial charge in [-0.2, -0.15) is 0 Å². The topological polar surface area (TPSA) is 50.5 Å². The van der Waals surface area contributed by atoms with Gasteiger partial charge in [-0.15, -0.1) is 0 Å². The maximum Gasteiger partial charge on any atom is 0.0593 e. The molecule has 3 N–H and O–H groups in total. The lowest BCUT2D eigenvalue weighted by molar-refractivity contribution is 0.117. The van der Waals surface area contributed by atoms with E-state index in [1.807, 2.05) is 0 Å². The number of likely N-dealkylation sites (N-methyl/N-ethyl adjacent to an activating group) is 1. The Labute approximate surface area is 93.1 Å². The molecule has 0 aliphatic heterocycles. The lowest BCUT2D eigenvalue weighted by Gasteiger charge is -2.13. The smallest absolute Gasteiger partial charge is 0.0593 e. The van der Waals surface area contributed by atoms with Crippen LogP contribution in [0.25, 0.3) is 0 Å². The lowest BCUT2D eigenvalue weighted by Crippen LogP contribution is -2.31. The third-order valence-corrected chi connectivity index (χ3v) is 2.84. The summed E-state index contributed by atoms with van der Waals surface area (Å²) in [5, 5.41) is 3.48. The Hall–Kier alpha value is -0.160. The third-order valence-electron chi connectivity index (χ3n) is 2.84. The molecule has 0 aromatic rings. The first-order valence-electron chi connectivity index (χ1n) is 5.90. The van der Waals surface area contributed by atoms with Gasteiger partial charge in [-0.05, 0) is 33.4 Å². The van der Waals surface area contributed by atoms with Crippen molar-refractivity contribution in [1.82, 2.24) is 10.2 Å². The van der Waals surface area contributed by atoms with Crippen molar-refractivity contribution in [2.24, 2.45) is 5.73 Å². The predicted molar refractivity (Wildman–Crippen MR) is 63.0 cm³/mol. The van der Waals surface area contributed by atoms with E-state index in [-0.39, 0.29) is 0 Å². The van der Waals surface area contributed by atoms with Gasteiger partial charge in [0, 0.05) is 25.2 Å². The molecule has 1 aliphatic carbocycles. The molecule has 4 nitrogen and oxygen atoms in total. The second-order valence-electron chi connectivity index (χ2n) is 4.64. The lowest BCUT2D eigenvalue weighted by atomic mass is 10.2. The summed E-state index contributed by atoms with van der Waals surface area (Å²) in [6.45, 7) is 3.57. The summed E-state index contributed by atoms with van der Waals surface area (Å²) >= 11 is 0. The van der Waals surface area contributed by atoms with Gasteiger partial charge in [-0.3, -0.25) is 0 Å². The van der Waals surface area contributed by atoms with Gasteiger partial charge in [0.05, 0.1) is 13.2 Å². The van der Waals surface area contributed by atoms with Crippen LogP contribution in [0, 0.1) is 0 Å². The van der Waals surface area contributed by atoms with Gasteiger partial charge in [0.2, 0.25) is 0 Å². The summed E-state index contributed by atoms with van der Waals surface area (Å²) in [4.78, 5) is 2.13. The SMILES string of the molecule is CN(C)CCOCCNC1CCC(N)C1. The molecule has 1 saturated carbocycles. The minimum atomic E-state index is 0.414. The number of nitrogens with zero attached hydrogens (tertiary/aromatic N) is 1. The average molecular weight is 215 g/mol. The summed E-state index contributed by atoms with van der Waals surface area (Å²) in [6.07, 6.45) is 3.51. The zero-order valence-corrected chi connectivity index (χ0v) is 10.0. The molecule has 90 valence electrons. The normalized spacial score (nSPS) is 26.4. The van der Waals surface area contributed by atoms with Crippen molar-refractivity contribution in [3.63, 3.8) is 0 Å². The van der Waals surface area contributed by atoms with E-state index in [9.17, 15) is 0 Å². The Kier molecular flexibility index (Phi) is 6.17. The van der Waals surface area contributed by atoms with E-state index in [4.69, 9.17) is 10.5 Å². The second-order valence-corrected chi connectivity index (χ2v) is 4.64. The first-order chi connectivity index (χ1) is 7.18. The number of nitrogens with one attached hydrogen (secondary N) is 1. The molecular weight excluding hydrogens is 190 g/mol. The van der Waals surface area contributed by atoms with E-state index in [1.54, 1.807) is 0 Å². The highest BCUT2D eigenvalue weighted by atomic mass is 16.5. The number of nitrogens with two attached hydrogens (primary N) is 1. The van der Waals surface area contributed by atoms with Crippen LogP contribution in [0.5, 0.6) is 0 Å². The molecule has 0 amide bonds. The molecule has 15 heavy (non-hydrogen) atoms. The number of rotatable bonds is 7. The summed E-state index contributed by atoms with van der Waals surface area (Å²) in [5.41, 5.74) is 5.83.